The summed E-state index contributed by atoms with van der Waals surface area (Å²) in [6.45, 7) is 28.0. The van der Waals surface area contributed by atoms with Crippen LogP contribution in [0.5, 0.6) is 0 Å². The van der Waals surface area contributed by atoms with Crippen LogP contribution in [-0.4, -0.2) is 4.98 Å². The van der Waals surface area contributed by atoms with Gasteiger partial charge in [-0.15, -0.1) is 13.2 Å². The molecule has 1 nitrogen and oxygen atoms in total. The molecule has 1 aromatic rings. The van der Waals surface area contributed by atoms with Crippen LogP contribution in [-0.2, 0) is 6.42 Å². The van der Waals surface area contributed by atoms with Crippen molar-refractivity contribution in [1.29, 1.82) is 0 Å². The zero-order valence-corrected chi connectivity index (χ0v) is 25.3. The highest BCUT2D eigenvalue weighted by molar-refractivity contribution is 5.66. The van der Waals surface area contributed by atoms with Crippen molar-refractivity contribution in [3.8, 4) is 0 Å². The van der Waals surface area contributed by atoms with E-state index in [9.17, 15) is 0 Å². The van der Waals surface area contributed by atoms with Crippen LogP contribution in [0, 0.1) is 0 Å². The highest BCUT2D eigenvalue weighted by Crippen LogP contribution is 2.28. The molecule has 1 unspecified atom stereocenters. The number of hydrogen-bond acceptors (Lipinski definition) is 1. The van der Waals surface area contributed by atoms with E-state index in [0.29, 0.717) is 5.92 Å². The molecule has 1 aliphatic carbocycles. The van der Waals surface area contributed by atoms with Crippen molar-refractivity contribution in [2.75, 3.05) is 0 Å². The van der Waals surface area contributed by atoms with Gasteiger partial charge in [0.15, 0.2) is 0 Å². The Kier molecular flexibility index (Phi) is 24.4. The lowest BCUT2D eigenvalue weighted by Gasteiger charge is -2.16. The van der Waals surface area contributed by atoms with Gasteiger partial charge in [-0.2, -0.15) is 0 Å². The monoisotopic (exact) mass is 511 g/mol. The first-order chi connectivity index (χ1) is 18.6. The number of allylic oxidation sites excluding steroid dienone is 16. The van der Waals surface area contributed by atoms with Crippen molar-refractivity contribution in [1.82, 2.24) is 4.98 Å². The van der Waals surface area contributed by atoms with Crippen LogP contribution in [0.3, 0.4) is 0 Å². The summed E-state index contributed by atoms with van der Waals surface area (Å²) in [5.74, 6) is 0.461. The molecule has 0 saturated carbocycles. The Balaban J connectivity index is 0. The fourth-order valence-corrected chi connectivity index (χ4v) is 3.72. The molecule has 0 aromatic carbocycles. The van der Waals surface area contributed by atoms with Gasteiger partial charge in [-0.1, -0.05) is 120 Å². The molecular formula is C37H53N. The van der Waals surface area contributed by atoms with E-state index >= 15 is 0 Å². The molecule has 0 radical (unpaired) electrons. The first kappa shape index (κ1) is 36.7. The predicted molar refractivity (Wildman–Crippen MR) is 177 cm³/mol. The van der Waals surface area contributed by atoms with Gasteiger partial charge in [0.1, 0.15) is 0 Å². The molecule has 1 aliphatic rings. The van der Waals surface area contributed by atoms with Gasteiger partial charge in [-0.3, -0.25) is 4.98 Å². The van der Waals surface area contributed by atoms with Crippen molar-refractivity contribution in [2.45, 2.75) is 80.1 Å². The van der Waals surface area contributed by atoms with Crippen LogP contribution >= 0.6 is 0 Å². The predicted octanol–water partition coefficient (Wildman–Crippen LogP) is 11.6. The summed E-state index contributed by atoms with van der Waals surface area (Å²) in [7, 11) is 0. The van der Waals surface area contributed by atoms with Crippen molar-refractivity contribution < 1.29 is 0 Å². The van der Waals surface area contributed by atoms with Gasteiger partial charge in [0, 0.05) is 11.6 Å². The molecule has 1 heterocycles. The highest BCUT2D eigenvalue weighted by atomic mass is 14.7. The van der Waals surface area contributed by atoms with Crippen molar-refractivity contribution in [3.05, 3.63) is 146 Å². The van der Waals surface area contributed by atoms with Gasteiger partial charge < -0.3 is 0 Å². The zero-order chi connectivity index (χ0) is 29.2. The normalized spacial score (nSPS) is 15.1. The summed E-state index contributed by atoms with van der Waals surface area (Å²) in [5, 5.41) is 0. The zero-order valence-electron chi connectivity index (χ0n) is 25.3. The topological polar surface area (TPSA) is 12.9 Å². The Morgan fingerprint density at radius 1 is 0.974 bits per heavy atom. The lowest BCUT2D eigenvalue weighted by atomic mass is 9.91. The largest absolute Gasteiger partial charge is 0.253 e. The molecule has 206 valence electrons. The number of pyridine rings is 1. The Hall–Kier alpha value is -3.45. The lowest BCUT2D eigenvalue weighted by molar-refractivity contribution is 0.841. The maximum absolute atomic E-state index is 4.85. The second-order valence-electron chi connectivity index (χ2n) is 7.99. The summed E-state index contributed by atoms with van der Waals surface area (Å²) in [6, 6.07) is 4.51. The summed E-state index contributed by atoms with van der Waals surface area (Å²) in [6.07, 6.45) is 31.3. The van der Waals surface area contributed by atoms with Gasteiger partial charge in [-0.25, -0.2) is 0 Å². The molecule has 0 N–H and O–H groups in total. The molecule has 0 amide bonds. The number of rotatable bonds is 10. The third-order valence-corrected chi connectivity index (χ3v) is 5.58. The first-order valence-corrected chi connectivity index (χ1v) is 14.0. The van der Waals surface area contributed by atoms with Crippen LogP contribution in [0.1, 0.15) is 90.6 Å². The minimum Gasteiger partial charge on any atom is -0.253 e. The van der Waals surface area contributed by atoms with Crippen molar-refractivity contribution in [2.24, 2.45) is 0 Å². The second-order valence-corrected chi connectivity index (χ2v) is 7.99. The molecule has 1 heteroatoms. The Labute approximate surface area is 235 Å². The van der Waals surface area contributed by atoms with Crippen LogP contribution in [0.2, 0.25) is 0 Å². The van der Waals surface area contributed by atoms with E-state index in [1.165, 1.54) is 22.3 Å². The summed E-state index contributed by atoms with van der Waals surface area (Å²) >= 11 is 0. The minimum atomic E-state index is 0.461. The van der Waals surface area contributed by atoms with Crippen LogP contribution in [0.15, 0.2) is 129 Å². The minimum absolute atomic E-state index is 0.461. The Bertz CT molecular complexity index is 1010. The fourth-order valence-electron chi connectivity index (χ4n) is 3.72. The number of aromatic nitrogens is 1. The van der Waals surface area contributed by atoms with E-state index in [1.807, 2.05) is 52.8 Å². The van der Waals surface area contributed by atoms with E-state index in [-0.39, 0.29) is 0 Å². The summed E-state index contributed by atoms with van der Waals surface area (Å²) in [5.41, 5.74) is 7.26. The highest BCUT2D eigenvalue weighted by Gasteiger charge is 2.13. The second kappa shape index (κ2) is 25.2. The Morgan fingerprint density at radius 3 is 2.13 bits per heavy atom. The average molecular weight is 512 g/mol. The van der Waals surface area contributed by atoms with Gasteiger partial charge in [0.25, 0.3) is 0 Å². The van der Waals surface area contributed by atoms with Crippen molar-refractivity contribution in [3.63, 3.8) is 0 Å². The fraction of sp³-hybridized carbons (Fsp3) is 0.324. The van der Waals surface area contributed by atoms with E-state index < -0.39 is 0 Å². The third kappa shape index (κ3) is 14.3. The standard InChI is InChI=1S/C22H27N.C11H16.C2H6.C2H4/c1-4-7-9-15-19(12-5-2)22-17-20(16-21(6-3)23-22)18-13-10-8-11-14-18;1-5-9-11(8-4)10(6-2)7-3;2*1-2/h5,7-13,16-18H,2,4,6,14-15H2,1,3H3;5-9H,2H2,1,3-4H3;1-2H3;1-2H2/b9-7-,19-12+;9-5-,10-7-,11-8-;;. The van der Waals surface area contributed by atoms with Crippen LogP contribution in [0.25, 0.3) is 5.57 Å². The Morgan fingerprint density at radius 2 is 1.66 bits per heavy atom. The van der Waals surface area contributed by atoms with Gasteiger partial charge in [0.05, 0.1) is 5.69 Å². The molecule has 38 heavy (non-hydrogen) atoms. The van der Waals surface area contributed by atoms with E-state index in [1.54, 1.807) is 0 Å². The molecule has 2 rings (SSSR count). The number of nitrogens with zero attached hydrogens (tertiary/aromatic N) is 1. The molecule has 1 aromatic heterocycles. The third-order valence-electron chi connectivity index (χ3n) is 5.58. The molecule has 0 spiro atoms. The smallest absolute Gasteiger partial charge is 0.0671 e. The SMILES string of the molecule is C=C.C=C/C=C(\C/C=C\CC)c1cc(C2C=CC=CC2)cc(CC)n1.C=CC(=C/C)/C(/C=C\C)=C\C.CC. The van der Waals surface area contributed by atoms with E-state index in [2.05, 4.69) is 113 Å². The maximum atomic E-state index is 4.85. The van der Waals surface area contributed by atoms with E-state index in [4.69, 9.17) is 4.98 Å². The molecular weight excluding hydrogens is 458 g/mol. The van der Waals surface area contributed by atoms with Gasteiger partial charge in [0.2, 0.25) is 0 Å². The van der Waals surface area contributed by atoms with Crippen LogP contribution in [0.4, 0.5) is 0 Å². The van der Waals surface area contributed by atoms with Crippen molar-refractivity contribution >= 4 is 5.57 Å². The van der Waals surface area contributed by atoms with Crippen LogP contribution < -0.4 is 0 Å². The number of aryl methyl sites for hydroxylation is 1. The molecule has 1 atom stereocenters. The average Bonchev–Trinajstić information content (AvgIpc) is 2.99. The first-order valence-electron chi connectivity index (χ1n) is 14.0. The van der Waals surface area contributed by atoms with E-state index in [0.717, 1.165) is 37.1 Å². The van der Waals surface area contributed by atoms with Gasteiger partial charge >= 0.3 is 0 Å². The molecule has 0 bridgehead atoms. The molecule has 0 saturated heterocycles. The maximum Gasteiger partial charge on any atom is 0.0671 e. The summed E-state index contributed by atoms with van der Waals surface area (Å²) in [4.78, 5) is 4.85. The quantitative estimate of drug-likeness (QED) is 0.225. The number of hydrogen-bond donors (Lipinski definition) is 0. The summed E-state index contributed by atoms with van der Waals surface area (Å²) < 4.78 is 0. The van der Waals surface area contributed by atoms with Gasteiger partial charge in [-0.05, 0) is 80.9 Å². The molecule has 0 fully saturated rings. The molecule has 0 aliphatic heterocycles. The lowest BCUT2D eigenvalue weighted by Crippen LogP contribution is -2.02.